The zero-order chi connectivity index (χ0) is 20.6. The highest BCUT2D eigenvalue weighted by Gasteiger charge is 2.26. The molecule has 2 aliphatic rings. The molecule has 0 aliphatic carbocycles. The lowest BCUT2D eigenvalue weighted by atomic mass is 10.1. The summed E-state index contributed by atoms with van der Waals surface area (Å²) in [5, 5.41) is 9.67. The molecule has 7 nitrogen and oxygen atoms in total. The first-order valence-electron chi connectivity index (χ1n) is 10.4. The Labute approximate surface area is 172 Å². The van der Waals surface area contributed by atoms with Crippen LogP contribution in [0.25, 0.3) is 0 Å². The van der Waals surface area contributed by atoms with Crippen molar-refractivity contribution < 1.29 is 23.8 Å². The van der Waals surface area contributed by atoms with Crippen LogP contribution in [0, 0.1) is 5.82 Å². The number of ether oxygens (including phenoxy) is 2. The second kappa shape index (κ2) is 11.0. The van der Waals surface area contributed by atoms with Gasteiger partial charge in [-0.3, -0.25) is 14.6 Å². The van der Waals surface area contributed by atoms with Crippen LogP contribution in [0.4, 0.5) is 4.39 Å². The van der Waals surface area contributed by atoms with Crippen molar-refractivity contribution in [2.75, 3.05) is 72.2 Å². The Morgan fingerprint density at radius 1 is 1.21 bits per heavy atom. The minimum absolute atomic E-state index is 0.114. The quantitative estimate of drug-likeness (QED) is 0.681. The van der Waals surface area contributed by atoms with Crippen molar-refractivity contribution in [2.24, 2.45) is 0 Å². The number of aliphatic hydroxyl groups excluding tert-OH is 1. The smallest absolute Gasteiger partial charge is 0.253 e. The number of halogens is 1. The molecule has 0 aromatic heterocycles. The van der Waals surface area contributed by atoms with Gasteiger partial charge in [-0.25, -0.2) is 4.39 Å². The van der Waals surface area contributed by atoms with E-state index < -0.39 is 6.10 Å². The normalized spacial score (nSPS) is 22.4. The fraction of sp³-hybridized carbons (Fsp3) is 0.667. The summed E-state index contributed by atoms with van der Waals surface area (Å²) in [4.78, 5) is 19.4. The van der Waals surface area contributed by atoms with Crippen LogP contribution in [0.15, 0.2) is 24.3 Å². The molecule has 2 atom stereocenters. The van der Waals surface area contributed by atoms with E-state index in [1.165, 1.54) is 24.3 Å². The van der Waals surface area contributed by atoms with E-state index in [2.05, 4.69) is 9.80 Å². The fourth-order valence-corrected chi connectivity index (χ4v) is 3.81. The first-order valence-corrected chi connectivity index (χ1v) is 10.4. The zero-order valence-electron chi connectivity index (χ0n) is 17.1. The second-order valence-corrected chi connectivity index (χ2v) is 7.81. The van der Waals surface area contributed by atoms with Gasteiger partial charge >= 0.3 is 0 Å². The molecule has 162 valence electrons. The zero-order valence-corrected chi connectivity index (χ0v) is 17.1. The van der Waals surface area contributed by atoms with Crippen molar-refractivity contribution >= 4 is 5.91 Å². The summed E-state index contributed by atoms with van der Waals surface area (Å²) in [6.45, 7) is 9.37. The maximum Gasteiger partial charge on any atom is 0.253 e. The largest absolute Gasteiger partial charge is 0.392 e. The van der Waals surface area contributed by atoms with Gasteiger partial charge in [-0.15, -0.1) is 0 Å². The van der Waals surface area contributed by atoms with E-state index in [4.69, 9.17) is 9.47 Å². The van der Waals surface area contributed by atoms with Gasteiger partial charge < -0.3 is 19.5 Å². The molecule has 0 spiro atoms. The highest BCUT2D eigenvalue weighted by Crippen LogP contribution is 2.12. The summed E-state index contributed by atoms with van der Waals surface area (Å²) in [6, 6.07) is 5.69. The molecule has 2 unspecified atom stereocenters. The van der Waals surface area contributed by atoms with E-state index in [0.29, 0.717) is 51.6 Å². The molecule has 0 radical (unpaired) electrons. The van der Waals surface area contributed by atoms with E-state index in [1.54, 1.807) is 11.8 Å². The van der Waals surface area contributed by atoms with Crippen LogP contribution in [0.1, 0.15) is 17.3 Å². The van der Waals surface area contributed by atoms with Crippen molar-refractivity contribution in [1.29, 1.82) is 0 Å². The number of β-amino-alcohol motifs (C(OH)–C–C–N with tert-alkyl or cyclic N) is 1. The Kier molecular flexibility index (Phi) is 8.38. The van der Waals surface area contributed by atoms with Crippen molar-refractivity contribution in [1.82, 2.24) is 14.7 Å². The Morgan fingerprint density at radius 2 is 1.90 bits per heavy atom. The molecular weight excluding hydrogens is 377 g/mol. The Bertz CT molecular complexity index is 637. The van der Waals surface area contributed by atoms with Gasteiger partial charge in [0.15, 0.2) is 0 Å². The summed E-state index contributed by atoms with van der Waals surface area (Å²) in [6.07, 6.45) is -0.511. The molecular formula is C21H32FN3O4. The number of aliphatic hydroxyl groups is 1. The molecule has 2 saturated heterocycles. The molecule has 1 aromatic rings. The van der Waals surface area contributed by atoms with Crippen molar-refractivity contribution in [2.45, 2.75) is 19.1 Å². The average Bonchev–Trinajstić information content (AvgIpc) is 2.72. The van der Waals surface area contributed by atoms with Gasteiger partial charge in [-0.2, -0.15) is 0 Å². The molecule has 1 aromatic carbocycles. The predicted molar refractivity (Wildman–Crippen MR) is 107 cm³/mol. The van der Waals surface area contributed by atoms with Gasteiger partial charge in [-0.05, 0) is 31.2 Å². The predicted octanol–water partition coefficient (Wildman–Crippen LogP) is 0.682. The Morgan fingerprint density at radius 3 is 2.59 bits per heavy atom. The van der Waals surface area contributed by atoms with Crippen molar-refractivity contribution in [3.63, 3.8) is 0 Å². The van der Waals surface area contributed by atoms with Crippen molar-refractivity contribution in [3.05, 3.63) is 35.6 Å². The summed E-state index contributed by atoms with van der Waals surface area (Å²) in [5.74, 6) is -0.472. The minimum atomic E-state index is -0.396. The van der Waals surface area contributed by atoms with Crippen LogP contribution < -0.4 is 0 Å². The van der Waals surface area contributed by atoms with Gasteiger partial charge in [0.05, 0.1) is 32.0 Å². The number of amides is 1. The first kappa shape index (κ1) is 22.1. The average molecular weight is 410 g/mol. The highest BCUT2D eigenvalue weighted by atomic mass is 19.1. The second-order valence-electron chi connectivity index (χ2n) is 7.81. The lowest BCUT2D eigenvalue weighted by molar-refractivity contribution is -0.0501. The minimum Gasteiger partial charge on any atom is -0.392 e. The maximum atomic E-state index is 13.3. The topological polar surface area (TPSA) is 65.5 Å². The molecule has 1 amide bonds. The molecule has 0 saturated carbocycles. The standard InChI is InChI=1S/C21H32FN3O4/c1-17(26)14-24-10-13-29-20(15-24)16-25(7-6-23-8-11-28-12-9-23)21(27)18-2-4-19(22)5-3-18/h2-5,17,20,26H,6-16H2,1H3. The van der Waals surface area contributed by atoms with Gasteiger partial charge in [-0.1, -0.05) is 0 Å². The maximum absolute atomic E-state index is 13.3. The summed E-state index contributed by atoms with van der Waals surface area (Å²) in [5.41, 5.74) is 0.477. The van der Waals surface area contributed by atoms with Crippen molar-refractivity contribution in [3.8, 4) is 0 Å². The number of benzene rings is 1. The Balaban J connectivity index is 1.64. The van der Waals surface area contributed by atoms with Crippen LogP contribution in [0.3, 0.4) is 0 Å². The van der Waals surface area contributed by atoms with Crippen LogP contribution in [-0.2, 0) is 9.47 Å². The van der Waals surface area contributed by atoms with Crippen LogP contribution in [-0.4, -0.2) is 110 Å². The molecule has 2 aliphatic heterocycles. The molecule has 0 bridgehead atoms. The van der Waals surface area contributed by atoms with Gasteiger partial charge in [0.1, 0.15) is 5.82 Å². The summed E-state index contributed by atoms with van der Waals surface area (Å²) < 4.78 is 24.6. The van der Waals surface area contributed by atoms with E-state index in [1.807, 2.05) is 0 Å². The third kappa shape index (κ3) is 7.01. The lowest BCUT2D eigenvalue weighted by Gasteiger charge is -2.37. The third-order valence-electron chi connectivity index (χ3n) is 5.34. The van der Waals surface area contributed by atoms with E-state index in [9.17, 15) is 14.3 Å². The molecule has 3 rings (SSSR count). The summed E-state index contributed by atoms with van der Waals surface area (Å²) in [7, 11) is 0. The molecule has 1 N–H and O–H groups in total. The number of rotatable bonds is 8. The number of hydrogen-bond donors (Lipinski definition) is 1. The monoisotopic (exact) mass is 409 g/mol. The lowest BCUT2D eigenvalue weighted by Crippen LogP contribution is -2.51. The van der Waals surface area contributed by atoms with Gasteiger partial charge in [0.25, 0.3) is 5.91 Å². The number of nitrogens with zero attached hydrogens (tertiary/aromatic N) is 3. The number of morpholine rings is 2. The molecule has 2 heterocycles. The molecule has 29 heavy (non-hydrogen) atoms. The van der Waals surface area contributed by atoms with E-state index >= 15 is 0 Å². The van der Waals surface area contributed by atoms with Crippen LogP contribution in [0.5, 0.6) is 0 Å². The molecule has 2 fully saturated rings. The SMILES string of the molecule is CC(O)CN1CCOC(CN(CCN2CCOCC2)C(=O)c2ccc(F)cc2)C1. The highest BCUT2D eigenvalue weighted by molar-refractivity contribution is 5.94. The number of carbonyl (C=O) groups excluding carboxylic acids is 1. The summed E-state index contributed by atoms with van der Waals surface area (Å²) >= 11 is 0. The third-order valence-corrected chi connectivity index (χ3v) is 5.34. The fourth-order valence-electron chi connectivity index (χ4n) is 3.81. The van der Waals surface area contributed by atoms with Crippen LogP contribution in [0.2, 0.25) is 0 Å². The Hall–Kier alpha value is -1.58. The van der Waals surface area contributed by atoms with Gasteiger partial charge in [0, 0.05) is 57.9 Å². The molecule has 8 heteroatoms. The van der Waals surface area contributed by atoms with Gasteiger partial charge in [0.2, 0.25) is 0 Å². The van der Waals surface area contributed by atoms with Crippen LogP contribution >= 0.6 is 0 Å². The number of hydrogen-bond acceptors (Lipinski definition) is 6. The first-order chi connectivity index (χ1) is 14.0. The van der Waals surface area contributed by atoms with E-state index in [-0.39, 0.29) is 17.8 Å². The van der Waals surface area contributed by atoms with E-state index in [0.717, 1.165) is 26.2 Å². The number of carbonyl (C=O) groups is 1.